The molecule has 1 atom stereocenters. The molecule has 0 fully saturated rings. The molecule has 0 aliphatic carbocycles. The van der Waals surface area contributed by atoms with Crippen LogP contribution < -0.4 is 5.32 Å². The van der Waals surface area contributed by atoms with Crippen molar-refractivity contribution in [1.29, 1.82) is 0 Å². The van der Waals surface area contributed by atoms with Gasteiger partial charge in [-0.2, -0.15) is 0 Å². The molecule has 0 spiro atoms. The van der Waals surface area contributed by atoms with Crippen molar-refractivity contribution in [3.63, 3.8) is 0 Å². The highest BCUT2D eigenvalue weighted by Gasteiger charge is 2.06. The first-order valence-electron chi connectivity index (χ1n) is 7.53. The van der Waals surface area contributed by atoms with Crippen molar-refractivity contribution in [3.8, 4) is 0 Å². The Morgan fingerprint density at radius 2 is 1.74 bits per heavy atom. The van der Waals surface area contributed by atoms with Crippen LogP contribution in [0.4, 0.5) is 0 Å². The Morgan fingerprint density at radius 1 is 1.09 bits per heavy atom. The molecule has 2 aromatic rings. The number of carbonyl (C=O) groups excluding carboxylic acids is 1. The lowest BCUT2D eigenvalue weighted by Gasteiger charge is -2.12. The van der Waals surface area contributed by atoms with Crippen LogP contribution in [0.2, 0.25) is 10.0 Å². The molecule has 4 heteroatoms. The lowest BCUT2D eigenvalue weighted by molar-refractivity contribution is -0.117. The van der Waals surface area contributed by atoms with Crippen LogP contribution in [0.15, 0.2) is 54.6 Å². The van der Waals surface area contributed by atoms with Crippen molar-refractivity contribution in [2.24, 2.45) is 0 Å². The highest BCUT2D eigenvalue weighted by molar-refractivity contribution is 6.37. The average Bonchev–Trinajstić information content (AvgIpc) is 2.53. The van der Waals surface area contributed by atoms with Gasteiger partial charge in [0, 0.05) is 27.7 Å². The van der Waals surface area contributed by atoms with E-state index in [-0.39, 0.29) is 11.9 Å². The van der Waals surface area contributed by atoms with Crippen molar-refractivity contribution >= 4 is 35.2 Å². The van der Waals surface area contributed by atoms with Crippen molar-refractivity contribution in [3.05, 3.63) is 75.8 Å². The second-order valence-electron chi connectivity index (χ2n) is 5.40. The Morgan fingerprint density at radius 3 is 2.39 bits per heavy atom. The fraction of sp³-hybridized carbons (Fsp3) is 0.211. The fourth-order valence-corrected chi connectivity index (χ4v) is 2.74. The van der Waals surface area contributed by atoms with E-state index in [4.69, 9.17) is 23.2 Å². The number of halogens is 2. The van der Waals surface area contributed by atoms with Crippen LogP contribution >= 0.6 is 23.2 Å². The second kappa shape index (κ2) is 8.76. The summed E-state index contributed by atoms with van der Waals surface area (Å²) < 4.78 is 0. The predicted octanol–water partition coefficient (Wildman–Crippen LogP) is 5.14. The van der Waals surface area contributed by atoms with Gasteiger partial charge in [0.15, 0.2) is 0 Å². The summed E-state index contributed by atoms with van der Waals surface area (Å²) in [6.45, 7) is 2.00. The summed E-state index contributed by atoms with van der Waals surface area (Å²) in [6.07, 6.45) is 4.93. The normalized spacial score (nSPS) is 12.3. The second-order valence-corrected chi connectivity index (χ2v) is 6.22. The Labute approximate surface area is 147 Å². The van der Waals surface area contributed by atoms with Gasteiger partial charge in [0.05, 0.1) is 0 Å². The van der Waals surface area contributed by atoms with Crippen LogP contribution in [-0.2, 0) is 11.2 Å². The fourth-order valence-electron chi connectivity index (χ4n) is 2.22. The maximum absolute atomic E-state index is 12.0. The molecule has 0 heterocycles. The first-order valence-corrected chi connectivity index (χ1v) is 8.28. The number of amides is 1. The summed E-state index contributed by atoms with van der Waals surface area (Å²) in [5.41, 5.74) is 1.93. The van der Waals surface area contributed by atoms with Gasteiger partial charge in [0.25, 0.3) is 0 Å². The maximum Gasteiger partial charge on any atom is 0.244 e. The van der Waals surface area contributed by atoms with Crippen molar-refractivity contribution < 1.29 is 4.79 Å². The van der Waals surface area contributed by atoms with Crippen LogP contribution in [0.1, 0.15) is 24.5 Å². The third kappa shape index (κ3) is 5.74. The number of rotatable bonds is 6. The quantitative estimate of drug-likeness (QED) is 0.719. The molecule has 1 N–H and O–H groups in total. The van der Waals surface area contributed by atoms with E-state index in [2.05, 4.69) is 17.4 Å². The van der Waals surface area contributed by atoms with E-state index in [0.29, 0.717) is 15.6 Å². The minimum atomic E-state index is -0.151. The molecule has 2 aromatic carbocycles. The highest BCUT2D eigenvalue weighted by Crippen LogP contribution is 2.25. The monoisotopic (exact) mass is 347 g/mol. The van der Waals surface area contributed by atoms with Gasteiger partial charge < -0.3 is 5.32 Å². The average molecular weight is 348 g/mol. The minimum Gasteiger partial charge on any atom is -0.350 e. The van der Waals surface area contributed by atoms with Crippen LogP contribution in [0, 0.1) is 0 Å². The van der Waals surface area contributed by atoms with Gasteiger partial charge >= 0.3 is 0 Å². The largest absolute Gasteiger partial charge is 0.350 e. The molecule has 0 saturated carbocycles. The summed E-state index contributed by atoms with van der Waals surface area (Å²) in [6, 6.07) is 15.6. The van der Waals surface area contributed by atoms with Crippen LogP contribution in [-0.4, -0.2) is 11.9 Å². The minimum absolute atomic E-state index is 0.0917. The van der Waals surface area contributed by atoms with Gasteiger partial charge in [-0.15, -0.1) is 0 Å². The first kappa shape index (κ1) is 17.6. The standard InChI is InChI=1S/C19H19Cl2NO/c1-14(10-11-15-6-3-2-4-7-15)22-19(23)13-12-16-17(20)8-5-9-18(16)21/h2-9,12-14H,10-11H2,1H3,(H,22,23). The Balaban J connectivity index is 1.85. The van der Waals surface area contributed by atoms with Gasteiger partial charge in [-0.3, -0.25) is 4.79 Å². The molecule has 0 bridgehead atoms. The van der Waals surface area contributed by atoms with Gasteiger partial charge in [-0.1, -0.05) is 59.6 Å². The van der Waals surface area contributed by atoms with E-state index < -0.39 is 0 Å². The molecular formula is C19H19Cl2NO. The van der Waals surface area contributed by atoms with Crippen molar-refractivity contribution in [2.75, 3.05) is 0 Å². The zero-order valence-corrected chi connectivity index (χ0v) is 14.4. The predicted molar refractivity (Wildman–Crippen MR) is 97.9 cm³/mol. The molecule has 0 saturated heterocycles. The summed E-state index contributed by atoms with van der Waals surface area (Å²) in [4.78, 5) is 12.0. The zero-order valence-electron chi connectivity index (χ0n) is 12.9. The number of nitrogens with one attached hydrogen (secondary N) is 1. The number of hydrogen-bond donors (Lipinski definition) is 1. The number of benzene rings is 2. The number of aryl methyl sites for hydroxylation is 1. The first-order chi connectivity index (χ1) is 11.1. The molecule has 1 amide bonds. The van der Waals surface area contributed by atoms with Gasteiger partial charge in [0.1, 0.15) is 0 Å². The van der Waals surface area contributed by atoms with E-state index in [9.17, 15) is 4.79 Å². The Kier molecular flexibility index (Phi) is 6.69. The third-order valence-electron chi connectivity index (χ3n) is 3.50. The number of hydrogen-bond acceptors (Lipinski definition) is 1. The summed E-state index contributed by atoms with van der Waals surface area (Å²) in [5, 5.41) is 4.00. The Bertz CT molecular complexity index is 663. The third-order valence-corrected chi connectivity index (χ3v) is 4.16. The molecule has 0 aliphatic heterocycles. The molecule has 0 aromatic heterocycles. The lowest BCUT2D eigenvalue weighted by atomic mass is 10.1. The SMILES string of the molecule is CC(CCc1ccccc1)NC(=O)C=Cc1c(Cl)cccc1Cl. The molecule has 120 valence electrons. The molecule has 0 aliphatic rings. The molecule has 2 rings (SSSR count). The molecule has 23 heavy (non-hydrogen) atoms. The molecular weight excluding hydrogens is 329 g/mol. The van der Waals surface area contributed by atoms with Gasteiger partial charge in [-0.25, -0.2) is 0 Å². The van der Waals surface area contributed by atoms with Crippen LogP contribution in [0.5, 0.6) is 0 Å². The van der Waals surface area contributed by atoms with Crippen molar-refractivity contribution in [1.82, 2.24) is 5.32 Å². The smallest absolute Gasteiger partial charge is 0.244 e. The highest BCUT2D eigenvalue weighted by atomic mass is 35.5. The van der Waals surface area contributed by atoms with Crippen molar-refractivity contribution in [2.45, 2.75) is 25.8 Å². The van der Waals surface area contributed by atoms with Crippen LogP contribution in [0.3, 0.4) is 0 Å². The van der Waals surface area contributed by atoms with E-state index >= 15 is 0 Å². The molecule has 0 radical (unpaired) electrons. The summed E-state index contributed by atoms with van der Waals surface area (Å²) >= 11 is 12.1. The van der Waals surface area contributed by atoms with E-state index in [1.165, 1.54) is 11.6 Å². The van der Waals surface area contributed by atoms with E-state index in [1.54, 1.807) is 24.3 Å². The summed E-state index contributed by atoms with van der Waals surface area (Å²) in [7, 11) is 0. The molecule has 2 nitrogen and oxygen atoms in total. The van der Waals surface area contributed by atoms with Gasteiger partial charge in [-0.05, 0) is 43.5 Å². The molecule has 1 unspecified atom stereocenters. The zero-order chi connectivity index (χ0) is 16.7. The number of carbonyl (C=O) groups is 1. The van der Waals surface area contributed by atoms with Gasteiger partial charge in [0.2, 0.25) is 5.91 Å². The van der Waals surface area contributed by atoms with Crippen LogP contribution in [0.25, 0.3) is 6.08 Å². The Hall–Kier alpha value is -1.77. The van der Waals surface area contributed by atoms with E-state index in [1.807, 2.05) is 25.1 Å². The maximum atomic E-state index is 12.0. The lowest BCUT2D eigenvalue weighted by Crippen LogP contribution is -2.31. The van der Waals surface area contributed by atoms with E-state index in [0.717, 1.165) is 12.8 Å². The summed E-state index contributed by atoms with van der Waals surface area (Å²) in [5.74, 6) is -0.151. The topological polar surface area (TPSA) is 29.1 Å².